The molecule has 1 fully saturated rings. The average molecular weight is 339 g/mol. The van der Waals surface area contributed by atoms with E-state index in [1.165, 1.54) is 0 Å². The van der Waals surface area contributed by atoms with Gasteiger partial charge in [-0.25, -0.2) is 0 Å². The number of anilines is 1. The van der Waals surface area contributed by atoms with Gasteiger partial charge in [-0.15, -0.1) is 0 Å². The van der Waals surface area contributed by atoms with E-state index in [1.54, 1.807) is 6.92 Å². The molecule has 1 amide bonds. The van der Waals surface area contributed by atoms with Gasteiger partial charge in [0.2, 0.25) is 5.91 Å². The molecular formula is C15H19BrN2O2. The molecule has 20 heavy (non-hydrogen) atoms. The maximum atomic E-state index is 12.1. The third-order valence-corrected chi connectivity index (χ3v) is 4.27. The molecule has 0 spiro atoms. The van der Waals surface area contributed by atoms with Crippen LogP contribution in [0.4, 0.5) is 5.69 Å². The fourth-order valence-corrected chi connectivity index (χ4v) is 2.96. The fraction of sp³-hybridized carbons (Fsp3) is 0.467. The van der Waals surface area contributed by atoms with Gasteiger partial charge in [-0.3, -0.25) is 14.5 Å². The third-order valence-electron chi connectivity index (χ3n) is 3.58. The molecular weight excluding hydrogens is 320 g/mol. The molecule has 1 atom stereocenters. The van der Waals surface area contributed by atoms with Crippen molar-refractivity contribution in [3.8, 4) is 0 Å². The number of nitrogens with one attached hydrogen (secondary N) is 1. The number of piperidine rings is 1. The molecule has 4 nitrogen and oxygen atoms in total. The van der Waals surface area contributed by atoms with E-state index in [2.05, 4.69) is 21.2 Å². The SMILES string of the molecule is CC(=O)C1CCCCN1CC(=O)Nc1ccccc1Br. The van der Waals surface area contributed by atoms with E-state index in [9.17, 15) is 9.59 Å². The van der Waals surface area contributed by atoms with Crippen molar-refractivity contribution in [1.82, 2.24) is 4.90 Å². The van der Waals surface area contributed by atoms with E-state index in [0.29, 0.717) is 0 Å². The second kappa shape index (κ2) is 6.99. The Morgan fingerprint density at radius 2 is 2.10 bits per heavy atom. The minimum Gasteiger partial charge on any atom is -0.324 e. The number of carbonyl (C=O) groups is 2. The van der Waals surface area contributed by atoms with Crippen molar-refractivity contribution in [3.63, 3.8) is 0 Å². The van der Waals surface area contributed by atoms with Crippen molar-refractivity contribution < 1.29 is 9.59 Å². The predicted molar refractivity (Wildman–Crippen MR) is 82.7 cm³/mol. The zero-order valence-electron chi connectivity index (χ0n) is 11.6. The molecule has 1 saturated heterocycles. The Kier molecular flexibility index (Phi) is 5.31. The first-order valence-corrected chi connectivity index (χ1v) is 7.66. The predicted octanol–water partition coefficient (Wildman–Crippen LogP) is 2.83. The lowest BCUT2D eigenvalue weighted by Crippen LogP contribution is -2.47. The molecule has 1 aliphatic heterocycles. The maximum Gasteiger partial charge on any atom is 0.238 e. The highest BCUT2D eigenvalue weighted by Crippen LogP contribution is 2.22. The van der Waals surface area contributed by atoms with Gasteiger partial charge in [0.25, 0.3) is 0 Å². The smallest absolute Gasteiger partial charge is 0.238 e. The van der Waals surface area contributed by atoms with Crippen LogP contribution in [0.5, 0.6) is 0 Å². The Morgan fingerprint density at radius 3 is 2.80 bits per heavy atom. The van der Waals surface area contributed by atoms with Crippen LogP contribution in [0.25, 0.3) is 0 Å². The molecule has 1 heterocycles. The van der Waals surface area contributed by atoms with Crippen LogP contribution in [0.15, 0.2) is 28.7 Å². The number of rotatable bonds is 4. The molecule has 1 N–H and O–H groups in total. The molecule has 1 unspecified atom stereocenters. The number of likely N-dealkylation sites (tertiary alicyclic amines) is 1. The first-order chi connectivity index (χ1) is 9.58. The fourth-order valence-electron chi connectivity index (χ4n) is 2.58. The standard InChI is InChI=1S/C15H19BrN2O2/c1-11(19)14-8-4-5-9-18(14)10-15(20)17-13-7-3-2-6-12(13)16/h2-3,6-7,14H,4-5,8-10H2,1H3,(H,17,20). The van der Waals surface area contributed by atoms with Gasteiger partial charge in [0.1, 0.15) is 5.78 Å². The summed E-state index contributed by atoms with van der Waals surface area (Å²) < 4.78 is 0.857. The van der Waals surface area contributed by atoms with Gasteiger partial charge in [-0.1, -0.05) is 18.6 Å². The number of amides is 1. The number of halogens is 1. The topological polar surface area (TPSA) is 49.4 Å². The van der Waals surface area contributed by atoms with Gasteiger partial charge in [-0.2, -0.15) is 0 Å². The molecule has 0 aromatic heterocycles. The van der Waals surface area contributed by atoms with Crippen LogP contribution < -0.4 is 5.32 Å². The zero-order chi connectivity index (χ0) is 14.5. The van der Waals surface area contributed by atoms with Gasteiger partial charge < -0.3 is 5.32 Å². The van der Waals surface area contributed by atoms with Crippen molar-refractivity contribution in [3.05, 3.63) is 28.7 Å². The van der Waals surface area contributed by atoms with E-state index in [4.69, 9.17) is 0 Å². The van der Waals surface area contributed by atoms with Crippen LogP contribution >= 0.6 is 15.9 Å². The minimum absolute atomic E-state index is 0.0787. The quantitative estimate of drug-likeness (QED) is 0.918. The Hall–Kier alpha value is -1.20. The molecule has 0 saturated carbocycles. The minimum atomic E-state index is -0.103. The Balaban J connectivity index is 1.96. The first kappa shape index (κ1) is 15.2. The molecule has 5 heteroatoms. The summed E-state index contributed by atoms with van der Waals surface area (Å²) in [5.74, 6) is 0.0726. The van der Waals surface area contributed by atoms with Gasteiger partial charge in [0, 0.05) is 4.47 Å². The summed E-state index contributed by atoms with van der Waals surface area (Å²) in [5.41, 5.74) is 0.758. The number of carbonyl (C=O) groups excluding carboxylic acids is 2. The summed E-state index contributed by atoms with van der Waals surface area (Å²) in [6, 6.07) is 7.40. The Morgan fingerprint density at radius 1 is 1.35 bits per heavy atom. The van der Waals surface area contributed by atoms with Gasteiger partial charge >= 0.3 is 0 Å². The van der Waals surface area contributed by atoms with E-state index in [-0.39, 0.29) is 24.3 Å². The van der Waals surface area contributed by atoms with E-state index < -0.39 is 0 Å². The van der Waals surface area contributed by atoms with Crippen LogP contribution in [0.3, 0.4) is 0 Å². The lowest BCUT2D eigenvalue weighted by atomic mass is 9.99. The van der Waals surface area contributed by atoms with Crippen LogP contribution in [0.1, 0.15) is 26.2 Å². The number of hydrogen-bond acceptors (Lipinski definition) is 3. The van der Waals surface area contributed by atoms with Crippen molar-refractivity contribution in [2.75, 3.05) is 18.4 Å². The molecule has 1 aromatic rings. The highest BCUT2D eigenvalue weighted by atomic mass is 79.9. The largest absolute Gasteiger partial charge is 0.324 e. The van der Waals surface area contributed by atoms with Crippen LogP contribution in [0, 0.1) is 0 Å². The number of Topliss-reactive ketones (excluding diaryl/α,β-unsaturated/α-hetero) is 1. The molecule has 0 radical (unpaired) electrons. The van der Waals surface area contributed by atoms with Crippen LogP contribution in [0.2, 0.25) is 0 Å². The Labute approximate surface area is 127 Å². The summed E-state index contributed by atoms with van der Waals surface area (Å²) in [6.45, 7) is 2.69. The van der Waals surface area contributed by atoms with Gasteiger partial charge in [0.15, 0.2) is 0 Å². The van der Waals surface area contributed by atoms with Gasteiger partial charge in [-0.05, 0) is 54.4 Å². The highest BCUT2D eigenvalue weighted by molar-refractivity contribution is 9.10. The number of benzene rings is 1. The molecule has 0 aliphatic carbocycles. The van der Waals surface area contributed by atoms with Crippen LogP contribution in [-0.2, 0) is 9.59 Å². The molecule has 2 rings (SSSR count). The molecule has 0 bridgehead atoms. The van der Waals surface area contributed by atoms with E-state index in [1.807, 2.05) is 29.2 Å². The number of para-hydroxylation sites is 1. The van der Waals surface area contributed by atoms with Gasteiger partial charge in [0.05, 0.1) is 18.3 Å². The summed E-state index contributed by atoms with van der Waals surface area (Å²) in [7, 11) is 0. The maximum absolute atomic E-state index is 12.1. The lowest BCUT2D eigenvalue weighted by Gasteiger charge is -2.33. The third kappa shape index (κ3) is 3.90. The van der Waals surface area contributed by atoms with Crippen molar-refractivity contribution in [2.24, 2.45) is 0 Å². The highest BCUT2D eigenvalue weighted by Gasteiger charge is 2.27. The molecule has 108 valence electrons. The van der Waals surface area contributed by atoms with Crippen LogP contribution in [-0.4, -0.2) is 35.7 Å². The lowest BCUT2D eigenvalue weighted by molar-refractivity contribution is -0.125. The second-order valence-electron chi connectivity index (χ2n) is 5.12. The van der Waals surface area contributed by atoms with E-state index in [0.717, 1.165) is 36.0 Å². The second-order valence-corrected chi connectivity index (χ2v) is 5.98. The number of hydrogen-bond donors (Lipinski definition) is 1. The zero-order valence-corrected chi connectivity index (χ0v) is 13.1. The first-order valence-electron chi connectivity index (χ1n) is 6.87. The summed E-state index contributed by atoms with van der Waals surface area (Å²) in [5, 5.41) is 2.88. The summed E-state index contributed by atoms with van der Waals surface area (Å²) in [4.78, 5) is 25.7. The average Bonchev–Trinajstić information content (AvgIpc) is 2.41. The normalized spacial score (nSPS) is 19.6. The summed E-state index contributed by atoms with van der Waals surface area (Å²) >= 11 is 3.40. The summed E-state index contributed by atoms with van der Waals surface area (Å²) in [6.07, 6.45) is 2.97. The monoisotopic (exact) mass is 338 g/mol. The molecule has 1 aromatic carbocycles. The van der Waals surface area contributed by atoms with Crippen molar-refractivity contribution in [1.29, 1.82) is 0 Å². The number of ketones is 1. The van der Waals surface area contributed by atoms with Crippen molar-refractivity contribution >= 4 is 33.3 Å². The van der Waals surface area contributed by atoms with E-state index >= 15 is 0 Å². The van der Waals surface area contributed by atoms with Crippen molar-refractivity contribution in [2.45, 2.75) is 32.2 Å². The Bertz CT molecular complexity index is 504. The molecule has 1 aliphatic rings. The number of nitrogens with zero attached hydrogens (tertiary/aromatic N) is 1.